The van der Waals surface area contributed by atoms with E-state index in [1.54, 1.807) is 0 Å². The maximum atomic E-state index is 4.54. The van der Waals surface area contributed by atoms with Crippen molar-refractivity contribution < 1.29 is 0 Å². The Balaban J connectivity index is 1.84. The van der Waals surface area contributed by atoms with Gasteiger partial charge < -0.3 is 10.6 Å². The van der Waals surface area contributed by atoms with Crippen LogP contribution in [0.3, 0.4) is 0 Å². The first-order chi connectivity index (χ1) is 9.74. The Morgan fingerprint density at radius 3 is 2.70 bits per heavy atom. The second kappa shape index (κ2) is 7.43. The second-order valence-electron chi connectivity index (χ2n) is 5.44. The summed E-state index contributed by atoms with van der Waals surface area (Å²) in [6, 6.07) is 0.829. The number of rotatable bonds is 9. The lowest BCUT2D eigenvalue weighted by molar-refractivity contribution is 0.289. The summed E-state index contributed by atoms with van der Waals surface area (Å²) in [5.41, 5.74) is 1.10. The van der Waals surface area contributed by atoms with Crippen molar-refractivity contribution >= 4 is 11.8 Å². The van der Waals surface area contributed by atoms with Gasteiger partial charge in [-0.2, -0.15) is 4.98 Å². The van der Waals surface area contributed by atoms with Crippen molar-refractivity contribution in [3.8, 4) is 0 Å². The third-order valence-corrected chi connectivity index (χ3v) is 3.67. The molecule has 1 aliphatic carbocycles. The molecule has 1 aliphatic rings. The molecule has 2 N–H and O–H groups in total. The second-order valence-corrected chi connectivity index (χ2v) is 5.44. The van der Waals surface area contributed by atoms with Crippen molar-refractivity contribution in [3.63, 3.8) is 0 Å². The monoisotopic (exact) mass is 277 g/mol. The molecule has 0 radical (unpaired) electrons. The minimum atomic E-state index is 0.717. The van der Waals surface area contributed by atoms with Crippen LogP contribution in [0.4, 0.5) is 11.8 Å². The van der Waals surface area contributed by atoms with Crippen molar-refractivity contribution in [2.24, 2.45) is 0 Å². The molecule has 0 aliphatic heterocycles. The topological polar surface area (TPSA) is 53.1 Å². The van der Waals surface area contributed by atoms with Crippen LogP contribution in [0.15, 0.2) is 6.20 Å². The van der Waals surface area contributed by atoms with Crippen molar-refractivity contribution in [1.82, 2.24) is 14.9 Å². The SMILES string of the molecule is CCCNc1ncc(C)c(NCCN(CC)C2CC2)n1. The molecule has 20 heavy (non-hydrogen) atoms. The molecule has 0 saturated heterocycles. The van der Waals surface area contributed by atoms with Crippen LogP contribution in [0.5, 0.6) is 0 Å². The third-order valence-electron chi connectivity index (χ3n) is 3.67. The third kappa shape index (κ3) is 4.34. The number of hydrogen-bond acceptors (Lipinski definition) is 5. The molecule has 5 nitrogen and oxygen atoms in total. The maximum Gasteiger partial charge on any atom is 0.224 e. The lowest BCUT2D eigenvalue weighted by atomic mass is 10.3. The molecule has 0 unspecified atom stereocenters. The number of aromatic nitrogens is 2. The number of aryl methyl sites for hydroxylation is 1. The van der Waals surface area contributed by atoms with Gasteiger partial charge in [-0.25, -0.2) is 4.98 Å². The fourth-order valence-corrected chi connectivity index (χ4v) is 2.30. The van der Waals surface area contributed by atoms with E-state index < -0.39 is 0 Å². The first kappa shape index (κ1) is 15.0. The molecule has 112 valence electrons. The van der Waals surface area contributed by atoms with Gasteiger partial charge in [0, 0.05) is 37.4 Å². The van der Waals surface area contributed by atoms with Gasteiger partial charge in [-0.1, -0.05) is 13.8 Å². The Morgan fingerprint density at radius 1 is 1.25 bits per heavy atom. The smallest absolute Gasteiger partial charge is 0.224 e. The van der Waals surface area contributed by atoms with E-state index in [1.165, 1.54) is 12.8 Å². The van der Waals surface area contributed by atoms with Crippen LogP contribution in [-0.4, -0.2) is 47.1 Å². The fraction of sp³-hybridized carbons (Fsp3) is 0.733. The minimum absolute atomic E-state index is 0.717. The summed E-state index contributed by atoms with van der Waals surface area (Å²) in [7, 11) is 0. The van der Waals surface area contributed by atoms with E-state index in [1.807, 2.05) is 13.1 Å². The zero-order valence-electron chi connectivity index (χ0n) is 12.9. The van der Waals surface area contributed by atoms with Gasteiger partial charge in [0.15, 0.2) is 0 Å². The highest BCUT2D eigenvalue weighted by Crippen LogP contribution is 2.26. The molecule has 1 aromatic rings. The van der Waals surface area contributed by atoms with E-state index >= 15 is 0 Å². The quantitative estimate of drug-likeness (QED) is 0.726. The maximum absolute atomic E-state index is 4.54. The first-order valence-electron chi connectivity index (χ1n) is 7.80. The van der Waals surface area contributed by atoms with Crippen LogP contribution in [0, 0.1) is 6.92 Å². The highest BCUT2D eigenvalue weighted by atomic mass is 15.2. The highest BCUT2D eigenvalue weighted by molar-refractivity contribution is 5.46. The summed E-state index contributed by atoms with van der Waals surface area (Å²) in [6.07, 6.45) is 5.69. The average Bonchev–Trinajstić information content (AvgIpc) is 3.28. The molecule has 5 heteroatoms. The molecule has 0 spiro atoms. The summed E-state index contributed by atoms with van der Waals surface area (Å²) in [5, 5.41) is 6.67. The van der Waals surface area contributed by atoms with Crippen LogP contribution < -0.4 is 10.6 Å². The summed E-state index contributed by atoms with van der Waals surface area (Å²) in [4.78, 5) is 11.4. The van der Waals surface area contributed by atoms with Crippen LogP contribution >= 0.6 is 0 Å². The standard InChI is InChI=1S/C15H27N5/c1-4-8-17-15-18-11-12(3)14(19-15)16-9-10-20(5-2)13-6-7-13/h11,13H,4-10H2,1-3H3,(H2,16,17,18,19). The van der Waals surface area contributed by atoms with E-state index in [-0.39, 0.29) is 0 Å². The van der Waals surface area contributed by atoms with Gasteiger partial charge in [0.25, 0.3) is 0 Å². The fourth-order valence-electron chi connectivity index (χ4n) is 2.30. The highest BCUT2D eigenvalue weighted by Gasteiger charge is 2.27. The average molecular weight is 277 g/mol. The van der Waals surface area contributed by atoms with E-state index in [0.29, 0.717) is 0 Å². The van der Waals surface area contributed by atoms with Gasteiger partial charge in [-0.3, -0.25) is 4.90 Å². The molecule has 1 fully saturated rings. The molecular formula is C15H27N5. The van der Waals surface area contributed by atoms with Gasteiger partial charge in [0.1, 0.15) is 5.82 Å². The number of likely N-dealkylation sites (N-methyl/N-ethyl adjacent to an activating group) is 1. The number of hydrogen-bond donors (Lipinski definition) is 2. The first-order valence-corrected chi connectivity index (χ1v) is 7.80. The minimum Gasteiger partial charge on any atom is -0.368 e. The molecule has 0 atom stereocenters. The van der Waals surface area contributed by atoms with Gasteiger partial charge in [-0.05, 0) is 32.7 Å². The van der Waals surface area contributed by atoms with E-state index in [2.05, 4.69) is 39.3 Å². The lowest BCUT2D eigenvalue weighted by Gasteiger charge is -2.20. The summed E-state index contributed by atoms with van der Waals surface area (Å²) in [5.74, 6) is 1.67. The van der Waals surface area contributed by atoms with Gasteiger partial charge >= 0.3 is 0 Å². The van der Waals surface area contributed by atoms with Crippen molar-refractivity contribution in [1.29, 1.82) is 0 Å². The Labute approximate surface area is 122 Å². The summed E-state index contributed by atoms with van der Waals surface area (Å²) < 4.78 is 0. The van der Waals surface area contributed by atoms with Crippen molar-refractivity contribution in [3.05, 3.63) is 11.8 Å². The van der Waals surface area contributed by atoms with Gasteiger partial charge in [-0.15, -0.1) is 0 Å². The zero-order valence-corrected chi connectivity index (χ0v) is 12.9. The molecule has 1 heterocycles. The summed E-state index contributed by atoms with van der Waals surface area (Å²) in [6.45, 7) is 10.5. The molecular weight excluding hydrogens is 250 g/mol. The molecule has 0 bridgehead atoms. The molecule has 1 saturated carbocycles. The molecule has 1 aromatic heterocycles. The van der Waals surface area contributed by atoms with Crippen LogP contribution in [0.2, 0.25) is 0 Å². The predicted molar refractivity (Wildman–Crippen MR) is 84.3 cm³/mol. The van der Waals surface area contributed by atoms with E-state index in [0.717, 1.165) is 56.0 Å². The van der Waals surface area contributed by atoms with Crippen molar-refractivity contribution in [2.75, 3.05) is 36.8 Å². The zero-order chi connectivity index (χ0) is 14.4. The number of nitrogens with one attached hydrogen (secondary N) is 2. The predicted octanol–water partition coefficient (Wildman–Crippen LogP) is 2.50. The summed E-state index contributed by atoms with van der Waals surface area (Å²) >= 11 is 0. The lowest BCUT2D eigenvalue weighted by Crippen LogP contribution is -2.31. The van der Waals surface area contributed by atoms with E-state index in [4.69, 9.17) is 0 Å². The number of anilines is 2. The van der Waals surface area contributed by atoms with Crippen LogP contribution in [0.25, 0.3) is 0 Å². The normalized spacial score (nSPS) is 14.6. The molecule has 0 aromatic carbocycles. The van der Waals surface area contributed by atoms with Gasteiger partial charge in [0.2, 0.25) is 5.95 Å². The van der Waals surface area contributed by atoms with E-state index in [9.17, 15) is 0 Å². The Morgan fingerprint density at radius 2 is 2.05 bits per heavy atom. The van der Waals surface area contributed by atoms with Gasteiger partial charge in [0.05, 0.1) is 0 Å². The Hall–Kier alpha value is -1.36. The van der Waals surface area contributed by atoms with Crippen LogP contribution in [-0.2, 0) is 0 Å². The van der Waals surface area contributed by atoms with Crippen molar-refractivity contribution in [2.45, 2.75) is 46.1 Å². The van der Waals surface area contributed by atoms with Crippen LogP contribution in [0.1, 0.15) is 38.7 Å². The molecule has 0 amide bonds. The Kier molecular flexibility index (Phi) is 5.59. The number of nitrogens with zero attached hydrogens (tertiary/aromatic N) is 3. The molecule has 2 rings (SSSR count). The largest absolute Gasteiger partial charge is 0.368 e. The Bertz CT molecular complexity index is 417.